The summed E-state index contributed by atoms with van der Waals surface area (Å²) in [5, 5.41) is 4.05. The molecule has 1 aromatic heterocycles. The highest BCUT2D eigenvalue weighted by molar-refractivity contribution is 5.77. The first-order chi connectivity index (χ1) is 14.4. The van der Waals surface area contributed by atoms with Crippen molar-refractivity contribution in [2.45, 2.75) is 50.6 Å². The predicted octanol–water partition coefficient (Wildman–Crippen LogP) is 2.71. The number of carbonyl (C=O) groups is 1. The second-order valence-electron chi connectivity index (χ2n) is 7.90. The molecule has 1 amide bonds. The molecule has 0 spiro atoms. The molecular formula is C20H24F3N5O2. The van der Waals surface area contributed by atoms with Crippen LogP contribution < -0.4 is 10.6 Å². The van der Waals surface area contributed by atoms with E-state index < -0.39 is 23.5 Å². The highest BCUT2D eigenvalue weighted by Crippen LogP contribution is 2.33. The van der Waals surface area contributed by atoms with E-state index in [0.29, 0.717) is 30.9 Å². The van der Waals surface area contributed by atoms with Crippen molar-refractivity contribution >= 4 is 11.9 Å². The van der Waals surface area contributed by atoms with Crippen molar-refractivity contribution in [3.63, 3.8) is 0 Å². The SMILES string of the molecule is NC(CC(=O)N1CCC[C@H]1c1nc(N2CCCC2)no1)Cc1cc(F)c(F)cc1F. The summed E-state index contributed by atoms with van der Waals surface area (Å²) in [5.41, 5.74) is 5.96. The third-order valence-corrected chi connectivity index (χ3v) is 5.69. The fourth-order valence-electron chi connectivity index (χ4n) is 4.15. The van der Waals surface area contributed by atoms with Crippen LogP contribution in [-0.4, -0.2) is 46.6 Å². The number of carbonyl (C=O) groups excluding carboxylic acids is 1. The van der Waals surface area contributed by atoms with Crippen LogP contribution in [0.3, 0.4) is 0 Å². The topological polar surface area (TPSA) is 88.5 Å². The van der Waals surface area contributed by atoms with E-state index in [9.17, 15) is 18.0 Å². The number of hydrogen-bond acceptors (Lipinski definition) is 6. The first kappa shape index (κ1) is 20.6. The highest BCUT2D eigenvalue weighted by Gasteiger charge is 2.35. The third-order valence-electron chi connectivity index (χ3n) is 5.69. The van der Waals surface area contributed by atoms with E-state index in [0.717, 1.165) is 38.4 Å². The molecule has 2 aliphatic rings. The largest absolute Gasteiger partial charge is 0.338 e. The number of benzene rings is 1. The fraction of sp³-hybridized carbons (Fsp3) is 0.550. The lowest BCUT2D eigenvalue weighted by atomic mass is 10.0. The molecule has 2 atom stereocenters. The van der Waals surface area contributed by atoms with Gasteiger partial charge in [-0.1, -0.05) is 0 Å². The Morgan fingerprint density at radius 1 is 1.13 bits per heavy atom. The van der Waals surface area contributed by atoms with Gasteiger partial charge in [-0.3, -0.25) is 4.79 Å². The van der Waals surface area contributed by atoms with E-state index in [1.54, 1.807) is 4.90 Å². The quantitative estimate of drug-likeness (QED) is 0.719. The highest BCUT2D eigenvalue weighted by atomic mass is 19.2. The lowest BCUT2D eigenvalue weighted by Gasteiger charge is -2.23. The van der Waals surface area contributed by atoms with Gasteiger partial charge in [-0.05, 0) is 48.9 Å². The number of halogens is 3. The Balaban J connectivity index is 1.39. The molecule has 2 saturated heterocycles. The molecule has 162 valence electrons. The van der Waals surface area contributed by atoms with E-state index in [1.165, 1.54) is 0 Å². The first-order valence-electron chi connectivity index (χ1n) is 10.2. The maximum absolute atomic E-state index is 13.9. The van der Waals surface area contributed by atoms with Crippen LogP contribution in [0.2, 0.25) is 0 Å². The molecule has 0 saturated carbocycles. The second kappa shape index (κ2) is 8.63. The molecule has 1 unspecified atom stereocenters. The Morgan fingerprint density at radius 3 is 2.63 bits per heavy atom. The molecular weight excluding hydrogens is 399 g/mol. The number of likely N-dealkylation sites (tertiary alicyclic amines) is 1. The van der Waals surface area contributed by atoms with Gasteiger partial charge in [0.15, 0.2) is 11.6 Å². The lowest BCUT2D eigenvalue weighted by molar-refractivity contribution is -0.132. The summed E-state index contributed by atoms with van der Waals surface area (Å²) in [4.78, 5) is 21.0. The maximum Gasteiger partial charge on any atom is 0.266 e. The molecule has 10 heteroatoms. The zero-order valence-electron chi connectivity index (χ0n) is 16.5. The van der Waals surface area contributed by atoms with Crippen LogP contribution in [0.25, 0.3) is 0 Å². The molecule has 2 fully saturated rings. The van der Waals surface area contributed by atoms with Gasteiger partial charge in [-0.15, -0.1) is 0 Å². The summed E-state index contributed by atoms with van der Waals surface area (Å²) in [6, 6.07) is 0.226. The standard InChI is InChI=1S/C20H24F3N5O2/c21-14-11-16(23)15(22)9-12(14)8-13(24)10-18(29)28-7-3-4-17(28)19-25-20(26-30-19)27-5-1-2-6-27/h9,11,13,17H,1-8,10,24H2/t13?,17-/m0/s1. The normalized spacial score (nSPS) is 20.2. The van der Waals surface area contributed by atoms with Gasteiger partial charge in [0.2, 0.25) is 5.91 Å². The smallest absolute Gasteiger partial charge is 0.266 e. The Labute approximate surface area is 172 Å². The molecule has 1 aromatic carbocycles. The molecule has 4 rings (SSSR count). The summed E-state index contributed by atoms with van der Waals surface area (Å²) < 4.78 is 45.8. The van der Waals surface area contributed by atoms with Crippen molar-refractivity contribution in [2.24, 2.45) is 5.73 Å². The van der Waals surface area contributed by atoms with Crippen molar-refractivity contribution in [2.75, 3.05) is 24.5 Å². The Morgan fingerprint density at radius 2 is 1.87 bits per heavy atom. The summed E-state index contributed by atoms with van der Waals surface area (Å²) in [5.74, 6) is -2.54. The van der Waals surface area contributed by atoms with E-state index in [-0.39, 0.29) is 30.4 Å². The zero-order valence-corrected chi connectivity index (χ0v) is 16.5. The van der Waals surface area contributed by atoms with Gasteiger partial charge in [0.1, 0.15) is 11.9 Å². The van der Waals surface area contributed by atoms with Crippen molar-refractivity contribution in [1.82, 2.24) is 15.0 Å². The minimum atomic E-state index is -1.26. The lowest BCUT2D eigenvalue weighted by Crippen LogP contribution is -2.36. The Kier molecular flexibility index (Phi) is 5.94. The molecule has 2 N–H and O–H groups in total. The van der Waals surface area contributed by atoms with E-state index in [1.807, 2.05) is 0 Å². The van der Waals surface area contributed by atoms with Crippen LogP contribution in [-0.2, 0) is 11.2 Å². The van der Waals surface area contributed by atoms with Gasteiger partial charge >= 0.3 is 0 Å². The Hall–Kier alpha value is -2.62. The molecule has 7 nitrogen and oxygen atoms in total. The average Bonchev–Trinajstić information content (AvgIpc) is 3.46. The molecule has 0 radical (unpaired) electrons. The number of rotatable bonds is 6. The van der Waals surface area contributed by atoms with Crippen LogP contribution in [0, 0.1) is 17.5 Å². The summed E-state index contributed by atoms with van der Waals surface area (Å²) in [6.45, 7) is 2.32. The van der Waals surface area contributed by atoms with Crippen molar-refractivity contribution in [1.29, 1.82) is 0 Å². The van der Waals surface area contributed by atoms with Crippen molar-refractivity contribution in [3.8, 4) is 0 Å². The molecule has 3 heterocycles. The molecule has 0 bridgehead atoms. The van der Waals surface area contributed by atoms with Crippen molar-refractivity contribution in [3.05, 3.63) is 41.0 Å². The zero-order chi connectivity index (χ0) is 21.3. The second-order valence-corrected chi connectivity index (χ2v) is 7.90. The molecule has 0 aliphatic carbocycles. The van der Waals surface area contributed by atoms with E-state index >= 15 is 0 Å². The van der Waals surface area contributed by atoms with Crippen LogP contribution >= 0.6 is 0 Å². The minimum absolute atomic E-state index is 0.0535. The minimum Gasteiger partial charge on any atom is -0.338 e. The van der Waals surface area contributed by atoms with Gasteiger partial charge in [0, 0.05) is 38.2 Å². The summed E-state index contributed by atoms with van der Waals surface area (Å²) in [6.07, 6.45) is 3.56. The summed E-state index contributed by atoms with van der Waals surface area (Å²) in [7, 11) is 0. The van der Waals surface area contributed by atoms with Gasteiger partial charge in [0.25, 0.3) is 11.8 Å². The van der Waals surface area contributed by atoms with Crippen LogP contribution in [0.5, 0.6) is 0 Å². The van der Waals surface area contributed by atoms with E-state index in [2.05, 4.69) is 15.0 Å². The number of hydrogen-bond donors (Lipinski definition) is 1. The molecule has 2 aliphatic heterocycles. The van der Waals surface area contributed by atoms with Crippen LogP contribution in [0.4, 0.5) is 19.1 Å². The third kappa shape index (κ3) is 4.28. The maximum atomic E-state index is 13.9. The monoisotopic (exact) mass is 423 g/mol. The number of nitrogens with zero attached hydrogens (tertiary/aromatic N) is 4. The number of anilines is 1. The fourth-order valence-corrected chi connectivity index (χ4v) is 4.15. The van der Waals surface area contributed by atoms with Gasteiger partial charge in [-0.2, -0.15) is 4.98 Å². The molecule has 30 heavy (non-hydrogen) atoms. The molecule has 2 aromatic rings. The first-order valence-corrected chi connectivity index (χ1v) is 10.2. The van der Waals surface area contributed by atoms with Gasteiger partial charge in [-0.25, -0.2) is 13.2 Å². The van der Waals surface area contributed by atoms with Gasteiger partial charge < -0.3 is 20.1 Å². The Bertz CT molecular complexity index is 916. The number of amides is 1. The summed E-state index contributed by atoms with van der Waals surface area (Å²) >= 11 is 0. The van der Waals surface area contributed by atoms with E-state index in [4.69, 9.17) is 10.3 Å². The predicted molar refractivity (Wildman–Crippen MR) is 102 cm³/mol. The van der Waals surface area contributed by atoms with Crippen LogP contribution in [0.1, 0.15) is 49.6 Å². The average molecular weight is 423 g/mol. The number of nitrogens with two attached hydrogens (primary N) is 1. The van der Waals surface area contributed by atoms with Gasteiger partial charge in [0.05, 0.1) is 0 Å². The van der Waals surface area contributed by atoms with Crippen LogP contribution in [0.15, 0.2) is 16.7 Å². The number of aromatic nitrogens is 2. The van der Waals surface area contributed by atoms with Crippen molar-refractivity contribution < 1.29 is 22.5 Å².